The fourth-order valence-electron chi connectivity index (χ4n) is 1.81. The van der Waals surface area contributed by atoms with Crippen LogP contribution in [0.5, 0.6) is 5.75 Å². The molecule has 0 atom stereocenters. The van der Waals surface area contributed by atoms with Gasteiger partial charge in [-0.2, -0.15) is 0 Å². The van der Waals surface area contributed by atoms with Crippen LogP contribution in [0.15, 0.2) is 47.5 Å². The van der Waals surface area contributed by atoms with Crippen LogP contribution in [0.25, 0.3) is 10.8 Å². The Balaban J connectivity index is 0.00000200. The number of guanidine groups is 1. The maximum absolute atomic E-state index is 5.71. The smallest absolute Gasteiger partial charge is 0.188 e. The zero-order chi connectivity index (χ0) is 13.5. The summed E-state index contributed by atoms with van der Waals surface area (Å²) in [6, 6.07) is 14.4. The van der Waals surface area contributed by atoms with E-state index >= 15 is 0 Å². The molecule has 0 aromatic heterocycles. The number of rotatable bonds is 5. The van der Waals surface area contributed by atoms with Crippen molar-refractivity contribution >= 4 is 40.7 Å². The summed E-state index contributed by atoms with van der Waals surface area (Å²) in [6.07, 6.45) is 0.878. The average Bonchev–Trinajstić information content (AvgIpc) is 2.46. The zero-order valence-corrected chi connectivity index (χ0v) is 13.8. The highest BCUT2D eigenvalue weighted by Gasteiger charge is 1.97. The molecule has 2 rings (SSSR count). The average molecular weight is 385 g/mol. The fourth-order valence-corrected chi connectivity index (χ4v) is 1.81. The first-order valence-corrected chi connectivity index (χ1v) is 6.37. The van der Waals surface area contributed by atoms with Crippen molar-refractivity contribution in [1.82, 2.24) is 5.32 Å². The number of hydrogen-bond acceptors (Lipinski definition) is 2. The number of aliphatic imine (C=N–C) groups is 1. The molecule has 0 aliphatic carbocycles. The summed E-state index contributed by atoms with van der Waals surface area (Å²) in [5.41, 5.74) is 5.53. The van der Waals surface area contributed by atoms with Crippen LogP contribution >= 0.6 is 24.0 Å². The number of nitrogens with zero attached hydrogens (tertiary/aromatic N) is 1. The normalized spacial score (nSPS) is 10.9. The summed E-state index contributed by atoms with van der Waals surface area (Å²) < 4.78 is 5.71. The monoisotopic (exact) mass is 385 g/mol. The van der Waals surface area contributed by atoms with E-state index in [9.17, 15) is 0 Å². The third-order valence-electron chi connectivity index (χ3n) is 2.86. The molecule has 0 radical (unpaired) electrons. The second kappa shape index (κ2) is 8.63. The van der Waals surface area contributed by atoms with Gasteiger partial charge in [-0.05, 0) is 29.3 Å². The van der Waals surface area contributed by atoms with E-state index in [4.69, 9.17) is 10.5 Å². The van der Waals surface area contributed by atoms with E-state index < -0.39 is 0 Å². The van der Waals surface area contributed by atoms with E-state index in [2.05, 4.69) is 34.6 Å². The molecule has 0 unspecified atom stereocenters. The van der Waals surface area contributed by atoms with Crippen molar-refractivity contribution in [3.63, 3.8) is 0 Å². The molecule has 108 valence electrons. The quantitative estimate of drug-likeness (QED) is 0.360. The van der Waals surface area contributed by atoms with Crippen molar-refractivity contribution in [2.24, 2.45) is 10.7 Å². The van der Waals surface area contributed by atoms with Gasteiger partial charge in [0, 0.05) is 13.6 Å². The predicted octanol–water partition coefficient (Wildman–Crippen LogP) is 2.76. The van der Waals surface area contributed by atoms with Crippen LogP contribution in [0.2, 0.25) is 0 Å². The van der Waals surface area contributed by atoms with Gasteiger partial charge in [-0.25, -0.2) is 0 Å². The SMILES string of the molecule is CN=C(N)NCCCOc1ccc2ccccc2c1.I. The minimum atomic E-state index is 0. The lowest BCUT2D eigenvalue weighted by atomic mass is 10.1. The van der Waals surface area contributed by atoms with Gasteiger partial charge in [0.2, 0.25) is 0 Å². The van der Waals surface area contributed by atoms with Crippen molar-refractivity contribution in [2.45, 2.75) is 6.42 Å². The summed E-state index contributed by atoms with van der Waals surface area (Å²) in [5, 5.41) is 5.42. The van der Waals surface area contributed by atoms with Crippen molar-refractivity contribution in [1.29, 1.82) is 0 Å². The summed E-state index contributed by atoms with van der Waals surface area (Å²) >= 11 is 0. The summed E-state index contributed by atoms with van der Waals surface area (Å²) in [4.78, 5) is 3.82. The van der Waals surface area contributed by atoms with Gasteiger partial charge in [0.05, 0.1) is 6.61 Å². The number of fused-ring (bicyclic) bond motifs is 1. The first kappa shape index (κ1) is 16.6. The third kappa shape index (κ3) is 4.88. The van der Waals surface area contributed by atoms with Crippen molar-refractivity contribution in [2.75, 3.05) is 20.2 Å². The summed E-state index contributed by atoms with van der Waals surface area (Å²) in [6.45, 7) is 1.42. The van der Waals surface area contributed by atoms with Crippen LogP contribution in [0.4, 0.5) is 0 Å². The molecule has 0 spiro atoms. The Bertz CT molecular complexity index is 572. The molecule has 0 aliphatic heterocycles. The lowest BCUT2D eigenvalue weighted by Gasteiger charge is -2.08. The molecule has 0 heterocycles. The second-order valence-electron chi connectivity index (χ2n) is 4.25. The molecule has 20 heavy (non-hydrogen) atoms. The van der Waals surface area contributed by atoms with Gasteiger partial charge in [-0.15, -0.1) is 24.0 Å². The fraction of sp³-hybridized carbons (Fsp3) is 0.267. The molecule has 2 aromatic carbocycles. The molecule has 0 bridgehead atoms. The van der Waals surface area contributed by atoms with E-state index in [1.807, 2.05) is 18.2 Å². The number of nitrogens with one attached hydrogen (secondary N) is 1. The second-order valence-corrected chi connectivity index (χ2v) is 4.25. The van der Waals surface area contributed by atoms with Crippen LogP contribution in [0.1, 0.15) is 6.42 Å². The molecule has 5 heteroatoms. The number of ether oxygens (including phenoxy) is 1. The van der Waals surface area contributed by atoms with Gasteiger partial charge in [0.15, 0.2) is 5.96 Å². The van der Waals surface area contributed by atoms with Crippen molar-refractivity contribution in [3.8, 4) is 5.75 Å². The number of halogens is 1. The van der Waals surface area contributed by atoms with E-state index in [0.717, 1.165) is 18.7 Å². The standard InChI is InChI=1S/C15H19N3O.HI/c1-17-15(16)18-9-4-10-19-14-8-7-12-5-2-3-6-13(12)11-14;/h2-3,5-8,11H,4,9-10H2,1H3,(H3,16,17,18);1H. The van der Waals surface area contributed by atoms with Crippen LogP contribution in [-0.2, 0) is 0 Å². The molecule has 3 N–H and O–H groups in total. The highest BCUT2D eigenvalue weighted by molar-refractivity contribution is 14.0. The number of hydrogen-bond donors (Lipinski definition) is 2. The Labute approximate surface area is 136 Å². The maximum Gasteiger partial charge on any atom is 0.188 e. The van der Waals surface area contributed by atoms with Gasteiger partial charge >= 0.3 is 0 Å². The summed E-state index contributed by atoms with van der Waals surface area (Å²) in [5.74, 6) is 1.36. The Morgan fingerprint density at radius 1 is 1.20 bits per heavy atom. The van der Waals surface area contributed by atoms with E-state index in [0.29, 0.717) is 12.6 Å². The highest BCUT2D eigenvalue weighted by Crippen LogP contribution is 2.20. The number of benzene rings is 2. The minimum absolute atomic E-state index is 0. The van der Waals surface area contributed by atoms with Crippen LogP contribution < -0.4 is 15.8 Å². The van der Waals surface area contributed by atoms with Gasteiger partial charge in [-0.3, -0.25) is 4.99 Å². The van der Waals surface area contributed by atoms with E-state index in [1.54, 1.807) is 7.05 Å². The largest absolute Gasteiger partial charge is 0.494 e. The van der Waals surface area contributed by atoms with Crippen LogP contribution in [-0.4, -0.2) is 26.2 Å². The van der Waals surface area contributed by atoms with Gasteiger partial charge in [-0.1, -0.05) is 30.3 Å². The van der Waals surface area contributed by atoms with Gasteiger partial charge < -0.3 is 15.8 Å². The van der Waals surface area contributed by atoms with Gasteiger partial charge in [0.1, 0.15) is 5.75 Å². The topological polar surface area (TPSA) is 59.6 Å². The van der Waals surface area contributed by atoms with Crippen LogP contribution in [0.3, 0.4) is 0 Å². The molecule has 2 aromatic rings. The van der Waals surface area contributed by atoms with Crippen LogP contribution in [0, 0.1) is 0 Å². The molecule has 0 amide bonds. The third-order valence-corrected chi connectivity index (χ3v) is 2.86. The minimum Gasteiger partial charge on any atom is -0.494 e. The van der Waals surface area contributed by atoms with Gasteiger partial charge in [0.25, 0.3) is 0 Å². The molecular formula is C15H20IN3O. The first-order chi connectivity index (χ1) is 9.29. The molecular weight excluding hydrogens is 365 g/mol. The lowest BCUT2D eigenvalue weighted by Crippen LogP contribution is -2.32. The Hall–Kier alpha value is -1.50. The Morgan fingerprint density at radius 3 is 2.70 bits per heavy atom. The Kier molecular flexibility index (Phi) is 7.14. The molecule has 0 fully saturated rings. The lowest BCUT2D eigenvalue weighted by molar-refractivity contribution is 0.311. The maximum atomic E-state index is 5.71. The molecule has 0 saturated heterocycles. The summed E-state index contributed by atoms with van der Waals surface area (Å²) in [7, 11) is 1.66. The highest BCUT2D eigenvalue weighted by atomic mass is 127. The number of nitrogens with two attached hydrogens (primary N) is 1. The zero-order valence-electron chi connectivity index (χ0n) is 11.5. The Morgan fingerprint density at radius 2 is 1.95 bits per heavy atom. The van der Waals surface area contributed by atoms with E-state index in [-0.39, 0.29) is 24.0 Å². The van der Waals surface area contributed by atoms with E-state index in [1.165, 1.54) is 10.8 Å². The molecule has 0 aliphatic rings. The first-order valence-electron chi connectivity index (χ1n) is 6.37. The van der Waals surface area contributed by atoms with Crippen molar-refractivity contribution in [3.05, 3.63) is 42.5 Å². The molecule has 0 saturated carbocycles. The predicted molar refractivity (Wildman–Crippen MR) is 95.0 cm³/mol. The van der Waals surface area contributed by atoms with Crippen molar-refractivity contribution < 1.29 is 4.74 Å². The molecule has 4 nitrogen and oxygen atoms in total.